The Bertz CT molecular complexity index is 765. The summed E-state index contributed by atoms with van der Waals surface area (Å²) in [6.07, 6.45) is 0.834. The predicted octanol–water partition coefficient (Wildman–Crippen LogP) is 3.04. The fourth-order valence-electron chi connectivity index (χ4n) is 2.59. The lowest BCUT2D eigenvalue weighted by Crippen LogP contribution is -2.35. The number of benzene rings is 2. The standard InChI is InChI=1S/C21H26N2O4/c1-15-5-8-17(9-6-15)22-20(24)14-23(2)21(25)10-7-16-11-18(26-3)13-19(12-16)27-4/h5-6,8-9,11-13H,7,10,14H2,1-4H3,(H,22,24). The van der Waals surface area contributed by atoms with Gasteiger partial charge in [-0.2, -0.15) is 0 Å². The molecule has 2 amide bonds. The van der Waals surface area contributed by atoms with Crippen LogP contribution in [0.5, 0.6) is 11.5 Å². The molecule has 0 radical (unpaired) electrons. The van der Waals surface area contributed by atoms with Crippen molar-refractivity contribution < 1.29 is 19.1 Å². The molecule has 0 aliphatic heterocycles. The van der Waals surface area contributed by atoms with Crippen LogP contribution in [-0.2, 0) is 16.0 Å². The van der Waals surface area contributed by atoms with Crippen molar-refractivity contribution in [1.82, 2.24) is 4.90 Å². The van der Waals surface area contributed by atoms with Crippen LogP contribution in [0.4, 0.5) is 5.69 Å². The molecule has 0 atom stereocenters. The van der Waals surface area contributed by atoms with Crippen LogP contribution in [0, 0.1) is 6.92 Å². The van der Waals surface area contributed by atoms with Gasteiger partial charge in [0, 0.05) is 25.2 Å². The summed E-state index contributed by atoms with van der Waals surface area (Å²) in [5.41, 5.74) is 2.78. The molecule has 6 nitrogen and oxygen atoms in total. The summed E-state index contributed by atoms with van der Waals surface area (Å²) >= 11 is 0. The molecule has 0 unspecified atom stereocenters. The Labute approximate surface area is 160 Å². The minimum Gasteiger partial charge on any atom is -0.497 e. The lowest BCUT2D eigenvalue weighted by Gasteiger charge is -2.17. The minimum absolute atomic E-state index is 0.00808. The van der Waals surface area contributed by atoms with E-state index in [0.717, 1.165) is 16.8 Å². The maximum atomic E-state index is 12.3. The van der Waals surface area contributed by atoms with E-state index in [0.29, 0.717) is 24.3 Å². The van der Waals surface area contributed by atoms with Crippen LogP contribution in [0.1, 0.15) is 17.5 Å². The third-order valence-electron chi connectivity index (χ3n) is 4.18. The zero-order valence-electron chi connectivity index (χ0n) is 16.2. The van der Waals surface area contributed by atoms with Gasteiger partial charge in [-0.25, -0.2) is 0 Å². The van der Waals surface area contributed by atoms with Crippen molar-refractivity contribution in [2.24, 2.45) is 0 Å². The second-order valence-electron chi connectivity index (χ2n) is 6.38. The van der Waals surface area contributed by atoms with Crippen molar-refractivity contribution in [1.29, 1.82) is 0 Å². The molecular weight excluding hydrogens is 344 g/mol. The molecule has 0 saturated heterocycles. The third-order valence-corrected chi connectivity index (χ3v) is 4.18. The number of amides is 2. The number of anilines is 1. The van der Waals surface area contributed by atoms with Crippen molar-refractivity contribution in [3.8, 4) is 11.5 Å². The molecule has 144 valence electrons. The van der Waals surface area contributed by atoms with Crippen LogP contribution in [0.3, 0.4) is 0 Å². The van der Waals surface area contributed by atoms with E-state index in [1.165, 1.54) is 4.90 Å². The van der Waals surface area contributed by atoms with Crippen molar-refractivity contribution in [3.63, 3.8) is 0 Å². The van der Waals surface area contributed by atoms with Gasteiger partial charge in [-0.05, 0) is 43.2 Å². The second-order valence-corrected chi connectivity index (χ2v) is 6.38. The number of carbonyl (C=O) groups is 2. The Hall–Kier alpha value is -3.02. The summed E-state index contributed by atoms with van der Waals surface area (Å²) in [4.78, 5) is 25.9. The number of hydrogen-bond acceptors (Lipinski definition) is 4. The number of likely N-dealkylation sites (N-methyl/N-ethyl adjacent to an activating group) is 1. The first-order chi connectivity index (χ1) is 12.9. The number of nitrogens with zero attached hydrogens (tertiary/aromatic N) is 1. The fourth-order valence-corrected chi connectivity index (χ4v) is 2.59. The SMILES string of the molecule is COc1cc(CCC(=O)N(C)CC(=O)Nc2ccc(C)cc2)cc(OC)c1. The molecule has 27 heavy (non-hydrogen) atoms. The van der Waals surface area contributed by atoms with Crippen LogP contribution < -0.4 is 14.8 Å². The van der Waals surface area contributed by atoms with E-state index in [1.54, 1.807) is 27.3 Å². The molecule has 0 heterocycles. The highest BCUT2D eigenvalue weighted by Gasteiger charge is 2.14. The largest absolute Gasteiger partial charge is 0.497 e. The Morgan fingerprint density at radius 3 is 2.15 bits per heavy atom. The lowest BCUT2D eigenvalue weighted by molar-refractivity contribution is -0.133. The van der Waals surface area contributed by atoms with Gasteiger partial charge < -0.3 is 19.7 Å². The maximum absolute atomic E-state index is 12.3. The van der Waals surface area contributed by atoms with Crippen LogP contribution in [-0.4, -0.2) is 44.5 Å². The summed E-state index contributed by atoms with van der Waals surface area (Å²) in [5.74, 6) is 1.04. The Morgan fingerprint density at radius 2 is 1.59 bits per heavy atom. The summed E-state index contributed by atoms with van der Waals surface area (Å²) in [6.45, 7) is 1.99. The zero-order valence-corrected chi connectivity index (χ0v) is 16.2. The first-order valence-corrected chi connectivity index (χ1v) is 8.73. The van der Waals surface area contributed by atoms with Crippen LogP contribution in [0.15, 0.2) is 42.5 Å². The topological polar surface area (TPSA) is 67.9 Å². The molecule has 0 spiro atoms. The first-order valence-electron chi connectivity index (χ1n) is 8.73. The zero-order chi connectivity index (χ0) is 19.8. The van der Waals surface area contributed by atoms with E-state index < -0.39 is 0 Å². The van der Waals surface area contributed by atoms with E-state index in [4.69, 9.17) is 9.47 Å². The first kappa shape index (κ1) is 20.3. The number of hydrogen-bond donors (Lipinski definition) is 1. The van der Waals surface area contributed by atoms with Gasteiger partial charge in [0.25, 0.3) is 0 Å². The molecule has 1 N–H and O–H groups in total. The van der Waals surface area contributed by atoms with Crippen LogP contribution in [0.25, 0.3) is 0 Å². The lowest BCUT2D eigenvalue weighted by atomic mass is 10.1. The van der Waals surface area contributed by atoms with Crippen molar-refractivity contribution in [2.75, 3.05) is 33.1 Å². The molecule has 0 aromatic heterocycles. The quantitative estimate of drug-likeness (QED) is 0.776. The van der Waals surface area contributed by atoms with Gasteiger partial charge in [0.1, 0.15) is 11.5 Å². The highest BCUT2D eigenvalue weighted by molar-refractivity contribution is 5.94. The van der Waals surface area contributed by atoms with E-state index >= 15 is 0 Å². The maximum Gasteiger partial charge on any atom is 0.243 e. The molecule has 0 aliphatic carbocycles. The van der Waals surface area contributed by atoms with Gasteiger partial charge in [0.15, 0.2) is 0 Å². The minimum atomic E-state index is -0.224. The van der Waals surface area contributed by atoms with E-state index in [-0.39, 0.29) is 18.4 Å². The molecule has 0 fully saturated rings. The van der Waals surface area contributed by atoms with Crippen molar-refractivity contribution in [2.45, 2.75) is 19.8 Å². The molecule has 0 bridgehead atoms. The van der Waals surface area contributed by atoms with Crippen LogP contribution >= 0.6 is 0 Å². The number of methoxy groups -OCH3 is 2. The highest BCUT2D eigenvalue weighted by Crippen LogP contribution is 2.23. The summed E-state index contributed by atoms with van der Waals surface area (Å²) in [6, 6.07) is 13.1. The van der Waals surface area contributed by atoms with Gasteiger partial charge in [-0.3, -0.25) is 9.59 Å². The van der Waals surface area contributed by atoms with Gasteiger partial charge in [0.2, 0.25) is 11.8 Å². The molecule has 2 rings (SSSR count). The van der Waals surface area contributed by atoms with Crippen molar-refractivity contribution >= 4 is 17.5 Å². The summed E-state index contributed by atoms with van der Waals surface area (Å²) in [7, 11) is 4.80. The molecule has 6 heteroatoms. The Kier molecular flexibility index (Phi) is 7.23. The highest BCUT2D eigenvalue weighted by atomic mass is 16.5. The summed E-state index contributed by atoms with van der Waals surface area (Å²) in [5, 5.41) is 2.79. The number of aryl methyl sites for hydroxylation is 2. The van der Waals surface area contributed by atoms with E-state index in [9.17, 15) is 9.59 Å². The third kappa shape index (κ3) is 6.33. The van der Waals surface area contributed by atoms with Crippen molar-refractivity contribution in [3.05, 3.63) is 53.6 Å². The summed E-state index contributed by atoms with van der Waals surface area (Å²) < 4.78 is 10.5. The number of nitrogens with one attached hydrogen (secondary N) is 1. The van der Waals surface area contributed by atoms with Crippen LogP contribution in [0.2, 0.25) is 0 Å². The molecular formula is C21H26N2O4. The molecule has 2 aromatic rings. The monoisotopic (exact) mass is 370 g/mol. The number of carbonyl (C=O) groups excluding carboxylic acids is 2. The van der Waals surface area contributed by atoms with Gasteiger partial charge in [0.05, 0.1) is 20.8 Å². The van der Waals surface area contributed by atoms with E-state index in [1.807, 2.05) is 43.3 Å². The predicted molar refractivity (Wildman–Crippen MR) is 105 cm³/mol. The van der Waals surface area contributed by atoms with Gasteiger partial charge in [-0.1, -0.05) is 17.7 Å². The second kappa shape index (κ2) is 9.62. The number of rotatable bonds is 8. The smallest absolute Gasteiger partial charge is 0.243 e. The Morgan fingerprint density at radius 1 is 1.00 bits per heavy atom. The average molecular weight is 370 g/mol. The molecule has 0 aliphatic rings. The normalized spacial score (nSPS) is 10.2. The van der Waals surface area contributed by atoms with E-state index in [2.05, 4.69) is 5.32 Å². The molecule has 0 saturated carbocycles. The van der Waals surface area contributed by atoms with Gasteiger partial charge in [-0.15, -0.1) is 0 Å². The molecule has 2 aromatic carbocycles. The fraction of sp³-hybridized carbons (Fsp3) is 0.333. The number of ether oxygens (including phenoxy) is 2. The van der Waals surface area contributed by atoms with Gasteiger partial charge >= 0.3 is 0 Å². The average Bonchev–Trinajstić information content (AvgIpc) is 2.67. The Balaban J connectivity index is 1.86.